The van der Waals surface area contributed by atoms with Crippen molar-refractivity contribution in [2.75, 3.05) is 0 Å². The van der Waals surface area contributed by atoms with Gasteiger partial charge in [0.15, 0.2) is 18.7 Å². The Balaban J connectivity index is 1.68. The van der Waals surface area contributed by atoms with E-state index in [9.17, 15) is 20.4 Å². The van der Waals surface area contributed by atoms with Gasteiger partial charge in [-0.15, -0.1) is 0 Å². The number of nitrogens with zero attached hydrogens (tertiary/aromatic N) is 1. The lowest BCUT2D eigenvalue weighted by Crippen LogP contribution is -2.38. The Bertz CT molecular complexity index is 886. The van der Waals surface area contributed by atoms with Crippen molar-refractivity contribution in [1.29, 1.82) is 0 Å². The van der Waals surface area contributed by atoms with Crippen LogP contribution >= 0.6 is 0 Å². The number of hydrogen-bond donors (Lipinski definition) is 4. The maximum absolute atomic E-state index is 10.3. The molecule has 2 aromatic rings. The molecular formula is C28H40NO6+. The van der Waals surface area contributed by atoms with E-state index in [0.717, 1.165) is 16.7 Å². The lowest BCUT2D eigenvalue weighted by molar-refractivity contribution is -0.671. The van der Waals surface area contributed by atoms with Crippen LogP contribution in [0.25, 0.3) is 12.2 Å². The summed E-state index contributed by atoms with van der Waals surface area (Å²) in [6, 6.07) is 12.0. The topological polar surface area (TPSA) is 103 Å². The minimum absolute atomic E-state index is 0.273. The quantitative estimate of drug-likeness (QED) is 0.364. The fourth-order valence-electron chi connectivity index (χ4n) is 4.41. The van der Waals surface area contributed by atoms with Gasteiger partial charge in [0.2, 0.25) is 0 Å². The molecule has 1 saturated heterocycles. The van der Waals surface area contributed by atoms with Gasteiger partial charge in [-0.25, -0.2) is 4.57 Å². The van der Waals surface area contributed by atoms with Crippen molar-refractivity contribution in [3.05, 3.63) is 65.5 Å². The van der Waals surface area contributed by atoms with Gasteiger partial charge in [0, 0.05) is 24.1 Å². The van der Waals surface area contributed by atoms with E-state index in [1.54, 1.807) is 13.8 Å². The molecule has 0 bridgehead atoms. The van der Waals surface area contributed by atoms with E-state index in [0.29, 0.717) is 19.3 Å². The molecule has 7 nitrogen and oxygen atoms in total. The van der Waals surface area contributed by atoms with Gasteiger partial charge in [-0.05, 0) is 50.7 Å². The summed E-state index contributed by atoms with van der Waals surface area (Å²) in [4.78, 5) is 0. The first-order chi connectivity index (χ1) is 16.7. The molecule has 192 valence electrons. The van der Waals surface area contributed by atoms with Crippen LogP contribution in [0.1, 0.15) is 68.9 Å². The molecule has 0 aliphatic carbocycles. The van der Waals surface area contributed by atoms with Crippen LogP contribution in [0.2, 0.25) is 0 Å². The molecule has 1 fully saturated rings. The van der Waals surface area contributed by atoms with Crippen molar-refractivity contribution in [1.82, 2.24) is 0 Å². The predicted molar refractivity (Wildman–Crippen MR) is 134 cm³/mol. The lowest BCUT2D eigenvalue weighted by atomic mass is 9.96. The highest BCUT2D eigenvalue weighted by atomic mass is 16.7. The van der Waals surface area contributed by atoms with Crippen molar-refractivity contribution in [2.45, 2.75) is 88.9 Å². The molecule has 7 heteroatoms. The number of ether oxygens (including phenoxy) is 2. The second kappa shape index (κ2) is 13.3. The molecule has 1 aliphatic heterocycles. The van der Waals surface area contributed by atoms with E-state index >= 15 is 0 Å². The molecule has 3 rings (SSSR count). The molecule has 6 unspecified atom stereocenters. The Morgan fingerprint density at radius 2 is 1.26 bits per heavy atom. The number of aliphatic hydroxyl groups excluding tert-OH is 4. The van der Waals surface area contributed by atoms with Crippen molar-refractivity contribution in [3.8, 4) is 0 Å². The van der Waals surface area contributed by atoms with Crippen molar-refractivity contribution >= 4 is 12.2 Å². The fraction of sp³-hybridized carbons (Fsp3) is 0.536. The fourth-order valence-corrected chi connectivity index (χ4v) is 4.41. The summed E-state index contributed by atoms with van der Waals surface area (Å²) in [7, 11) is 1.98. The summed E-state index contributed by atoms with van der Waals surface area (Å²) in [5.74, 6) is 0. The van der Waals surface area contributed by atoms with Gasteiger partial charge in [-0.3, -0.25) is 0 Å². The van der Waals surface area contributed by atoms with Gasteiger partial charge in [-0.1, -0.05) is 36.4 Å². The number of aliphatic hydroxyl groups is 4. The van der Waals surface area contributed by atoms with Gasteiger partial charge in [0.05, 0.1) is 36.6 Å². The molecule has 0 saturated carbocycles. The summed E-state index contributed by atoms with van der Waals surface area (Å²) >= 11 is 0. The van der Waals surface area contributed by atoms with Gasteiger partial charge in [-0.2, -0.15) is 0 Å². The first-order valence-corrected chi connectivity index (χ1v) is 12.4. The maximum atomic E-state index is 10.3. The van der Waals surface area contributed by atoms with Crippen molar-refractivity contribution in [3.63, 3.8) is 0 Å². The van der Waals surface area contributed by atoms with Crippen LogP contribution in [0.3, 0.4) is 0 Å². The number of pyridine rings is 1. The van der Waals surface area contributed by atoms with Crippen LogP contribution in [0.5, 0.6) is 0 Å². The molecule has 6 atom stereocenters. The molecule has 0 amide bonds. The van der Waals surface area contributed by atoms with Crippen LogP contribution in [0.4, 0.5) is 0 Å². The van der Waals surface area contributed by atoms with E-state index < -0.39 is 30.7 Å². The highest BCUT2D eigenvalue weighted by Crippen LogP contribution is 2.34. The van der Waals surface area contributed by atoms with Crippen LogP contribution in [-0.4, -0.2) is 57.0 Å². The average Bonchev–Trinajstić information content (AvgIpc) is 2.77. The van der Waals surface area contributed by atoms with Gasteiger partial charge < -0.3 is 29.9 Å². The van der Waals surface area contributed by atoms with E-state index in [4.69, 9.17) is 9.47 Å². The second-order valence-electron chi connectivity index (χ2n) is 9.83. The molecule has 0 spiro atoms. The Labute approximate surface area is 208 Å². The van der Waals surface area contributed by atoms with Gasteiger partial charge in [0.25, 0.3) is 0 Å². The predicted octanol–water partition coefficient (Wildman–Crippen LogP) is 2.90. The third kappa shape index (κ3) is 9.44. The number of benzene rings is 1. The average molecular weight is 487 g/mol. The largest absolute Gasteiger partial charge is 0.393 e. The Morgan fingerprint density at radius 3 is 1.71 bits per heavy atom. The highest BCUT2D eigenvalue weighted by Gasteiger charge is 2.33. The minimum atomic E-state index is -0.686. The minimum Gasteiger partial charge on any atom is -0.393 e. The third-order valence-electron chi connectivity index (χ3n) is 6.14. The smallest absolute Gasteiger partial charge is 0.184 e. The van der Waals surface area contributed by atoms with Crippen LogP contribution < -0.4 is 4.57 Å². The van der Waals surface area contributed by atoms with E-state index in [1.165, 1.54) is 0 Å². The zero-order valence-corrected chi connectivity index (χ0v) is 20.9. The number of aromatic nitrogens is 1. The van der Waals surface area contributed by atoms with Gasteiger partial charge >= 0.3 is 0 Å². The normalized spacial score (nSPS) is 24.3. The first kappa shape index (κ1) is 27.5. The monoisotopic (exact) mass is 486 g/mol. The first-order valence-electron chi connectivity index (χ1n) is 12.4. The van der Waals surface area contributed by atoms with E-state index in [2.05, 4.69) is 6.08 Å². The summed E-state index contributed by atoms with van der Waals surface area (Å²) < 4.78 is 14.4. The molecule has 1 aliphatic rings. The summed E-state index contributed by atoms with van der Waals surface area (Å²) in [6.45, 7) is 3.31. The zero-order valence-electron chi connectivity index (χ0n) is 20.9. The highest BCUT2D eigenvalue weighted by molar-refractivity contribution is 5.69. The Morgan fingerprint density at radius 1 is 0.800 bits per heavy atom. The van der Waals surface area contributed by atoms with E-state index in [-0.39, 0.29) is 25.0 Å². The van der Waals surface area contributed by atoms with Crippen LogP contribution in [-0.2, 0) is 16.5 Å². The molecule has 2 heterocycles. The van der Waals surface area contributed by atoms with Crippen LogP contribution in [0, 0.1) is 0 Å². The van der Waals surface area contributed by atoms with E-state index in [1.807, 2.05) is 66.5 Å². The molecule has 4 N–H and O–H groups in total. The second-order valence-corrected chi connectivity index (χ2v) is 9.83. The zero-order chi connectivity index (χ0) is 25.4. The molecule has 35 heavy (non-hydrogen) atoms. The third-order valence-corrected chi connectivity index (χ3v) is 6.14. The molecule has 0 radical (unpaired) electrons. The summed E-state index contributed by atoms with van der Waals surface area (Å²) in [5, 5.41) is 39.9. The van der Waals surface area contributed by atoms with Crippen LogP contribution in [0.15, 0.2) is 48.8 Å². The lowest BCUT2D eigenvalue weighted by Gasteiger charge is -2.37. The molecule has 1 aromatic carbocycles. The summed E-state index contributed by atoms with van der Waals surface area (Å²) in [6.07, 6.45) is 6.23. The molecular weight excluding hydrogens is 446 g/mol. The van der Waals surface area contributed by atoms with Crippen molar-refractivity contribution < 1.29 is 34.5 Å². The van der Waals surface area contributed by atoms with Gasteiger partial charge in [0.1, 0.15) is 7.05 Å². The number of hydrogen-bond acceptors (Lipinski definition) is 6. The maximum Gasteiger partial charge on any atom is 0.184 e. The number of rotatable bonds is 11. The Kier molecular flexibility index (Phi) is 10.4. The SMILES string of the molecule is CC(O)CC(O)CC1CC(CC(O)CC(C)O)OC(c2ccc(/C=C/c3cc[n+](C)cc3)cc2)O1. The summed E-state index contributed by atoms with van der Waals surface area (Å²) in [5.41, 5.74) is 3.02. The molecule has 1 aromatic heterocycles. The van der Waals surface area contributed by atoms with Crippen molar-refractivity contribution in [2.24, 2.45) is 7.05 Å². The number of aryl methyl sites for hydroxylation is 1. The Hall–Kier alpha value is -2.13. The standard InChI is InChI=1S/C28H40NO6/c1-19(30)14-24(32)16-26-18-27(17-25(33)15-20(2)31)35-28(34-26)23-8-6-21(7-9-23)4-5-22-10-12-29(3)13-11-22/h4-13,19-20,24-28,30-33H,14-18H2,1-3H3/q+1/b5-4+.